The highest BCUT2D eigenvalue weighted by atomic mass is 16.5. The lowest BCUT2D eigenvalue weighted by molar-refractivity contribution is -0.144. The van der Waals surface area contributed by atoms with Gasteiger partial charge in [0.15, 0.2) is 0 Å². The highest BCUT2D eigenvalue weighted by Gasteiger charge is 2.34. The van der Waals surface area contributed by atoms with E-state index < -0.39 is 129 Å². The van der Waals surface area contributed by atoms with Crippen LogP contribution in [-0.4, -0.2) is 240 Å². The zero-order chi connectivity index (χ0) is 58.3. The Morgan fingerprint density at radius 3 is 1.92 bits per heavy atom. The topological polar surface area (TPSA) is 438 Å². The molecule has 1 aromatic heterocycles. The summed E-state index contributed by atoms with van der Waals surface area (Å²) in [6.45, 7) is -2.21. The van der Waals surface area contributed by atoms with Crippen molar-refractivity contribution in [2.75, 3.05) is 65.9 Å². The number of unbranched alkanes of at least 4 members (excludes halogenated alkanes) is 3. The molecule has 1 aliphatic rings. The van der Waals surface area contributed by atoms with Gasteiger partial charge in [-0.3, -0.25) is 33.6 Å². The molecule has 0 saturated carbocycles. The van der Waals surface area contributed by atoms with E-state index in [0.29, 0.717) is 48.3 Å². The highest BCUT2D eigenvalue weighted by Crippen LogP contribution is 2.27. The SMILES string of the molecule is CN[C@@H](CCC(=O)NC[C@@H](O)[C@@H](O)[C@H](O)C(O)CO)C(=O)N[C@@H](CCC(=O)NCC(O)[C@H](O)[C@@H](O)C(O)CO)C(=O)NCCCCCCN1Cc2cc(C(=O)N(C)Cc3nc4ccccc4[nH]3)ccc2N[C@@H](CC(=O)OC)C1=O. The molecular formula is C51H78N10O18. The highest BCUT2D eigenvalue weighted by molar-refractivity contribution is 5.96. The molecule has 0 spiro atoms. The largest absolute Gasteiger partial charge is 0.469 e. The summed E-state index contributed by atoms with van der Waals surface area (Å²) >= 11 is 0. The summed E-state index contributed by atoms with van der Waals surface area (Å²) < 4.78 is 4.87. The van der Waals surface area contributed by atoms with E-state index in [-0.39, 0.29) is 63.7 Å². The Labute approximate surface area is 455 Å². The van der Waals surface area contributed by atoms with Crippen LogP contribution in [-0.2, 0) is 46.6 Å². The van der Waals surface area contributed by atoms with Crippen molar-refractivity contribution in [1.82, 2.24) is 46.4 Å². The number of nitrogens with zero attached hydrogens (tertiary/aromatic N) is 3. The predicted molar refractivity (Wildman–Crippen MR) is 281 cm³/mol. The van der Waals surface area contributed by atoms with Crippen LogP contribution in [0.5, 0.6) is 0 Å². The first-order chi connectivity index (χ1) is 37.6. The number of imidazole rings is 1. The molecule has 79 heavy (non-hydrogen) atoms. The van der Waals surface area contributed by atoms with Gasteiger partial charge in [0, 0.05) is 63.9 Å². The summed E-state index contributed by atoms with van der Waals surface area (Å²) in [6.07, 6.45) is -14.0. The van der Waals surface area contributed by atoms with Gasteiger partial charge in [0.25, 0.3) is 5.91 Å². The van der Waals surface area contributed by atoms with Crippen LogP contribution in [0.25, 0.3) is 11.0 Å². The van der Waals surface area contributed by atoms with Gasteiger partial charge in [-0.15, -0.1) is 0 Å². The predicted octanol–water partition coefficient (Wildman–Crippen LogP) is -5.07. The number of likely N-dealkylation sites (N-methyl/N-ethyl adjacent to an activating group) is 1. The number of aliphatic hydroxyl groups excluding tert-OH is 10. The molecule has 4 rings (SSSR count). The van der Waals surface area contributed by atoms with E-state index in [1.165, 1.54) is 19.1 Å². The number of ether oxygens (including phenoxy) is 1. The average Bonchev–Trinajstić information content (AvgIpc) is 3.88. The number of amides is 6. The number of hydrogen-bond donors (Lipinski definition) is 17. The maximum Gasteiger partial charge on any atom is 0.308 e. The summed E-state index contributed by atoms with van der Waals surface area (Å²) in [6, 6.07) is 9.24. The minimum atomic E-state index is -1.95. The summed E-state index contributed by atoms with van der Waals surface area (Å²) in [7, 11) is 4.30. The van der Waals surface area contributed by atoms with E-state index in [2.05, 4.69) is 41.9 Å². The maximum atomic E-state index is 13.9. The number of para-hydroxylation sites is 2. The van der Waals surface area contributed by atoms with Crippen LogP contribution in [0.2, 0.25) is 0 Å². The fraction of sp³-hybridized carbons (Fsp3) is 0.608. The van der Waals surface area contributed by atoms with Crippen LogP contribution in [0, 0.1) is 0 Å². The van der Waals surface area contributed by atoms with Crippen molar-refractivity contribution in [2.45, 2.75) is 138 Å². The number of nitrogens with one attached hydrogen (secondary N) is 7. The van der Waals surface area contributed by atoms with E-state index in [9.17, 15) is 74.4 Å². The van der Waals surface area contributed by atoms with Gasteiger partial charge in [-0.25, -0.2) is 4.98 Å². The van der Waals surface area contributed by atoms with Gasteiger partial charge in [0.1, 0.15) is 54.5 Å². The van der Waals surface area contributed by atoms with E-state index >= 15 is 0 Å². The van der Waals surface area contributed by atoms with Gasteiger partial charge in [-0.1, -0.05) is 25.0 Å². The summed E-state index contributed by atoms with van der Waals surface area (Å²) in [4.78, 5) is 104. The zero-order valence-corrected chi connectivity index (χ0v) is 44.5. The number of carbonyl (C=O) groups is 7. The van der Waals surface area contributed by atoms with E-state index in [1.54, 1.807) is 30.1 Å². The van der Waals surface area contributed by atoms with Crippen LogP contribution in [0.3, 0.4) is 0 Å². The Bertz CT molecular complexity index is 2430. The molecule has 0 bridgehead atoms. The van der Waals surface area contributed by atoms with Gasteiger partial charge in [-0.2, -0.15) is 0 Å². The van der Waals surface area contributed by atoms with Crippen LogP contribution in [0.15, 0.2) is 42.5 Å². The Hall–Kier alpha value is -6.44. The number of carbonyl (C=O) groups excluding carboxylic acids is 7. The summed E-state index contributed by atoms with van der Waals surface area (Å²) in [5, 5.41) is 113. The molecule has 0 saturated heterocycles. The second-order valence-electron chi connectivity index (χ2n) is 19.4. The number of rotatable bonds is 34. The van der Waals surface area contributed by atoms with Gasteiger partial charge >= 0.3 is 5.97 Å². The van der Waals surface area contributed by atoms with Crippen molar-refractivity contribution >= 4 is 58.1 Å². The Morgan fingerprint density at radius 1 is 0.759 bits per heavy atom. The lowest BCUT2D eigenvalue weighted by Crippen LogP contribution is -2.53. The number of benzene rings is 2. The minimum Gasteiger partial charge on any atom is -0.469 e. The molecule has 3 unspecified atom stereocenters. The van der Waals surface area contributed by atoms with Gasteiger partial charge < -0.3 is 102 Å². The van der Waals surface area contributed by atoms with Crippen LogP contribution < -0.4 is 31.9 Å². The number of aliphatic hydroxyl groups is 10. The van der Waals surface area contributed by atoms with Gasteiger partial charge in [0.05, 0.1) is 62.6 Å². The van der Waals surface area contributed by atoms with Gasteiger partial charge in [-0.05, 0) is 68.6 Å². The summed E-state index contributed by atoms with van der Waals surface area (Å²) in [5.41, 5.74) is 3.24. The molecule has 28 heteroatoms. The molecule has 0 fully saturated rings. The third kappa shape index (κ3) is 20.0. The fourth-order valence-electron chi connectivity index (χ4n) is 8.52. The number of aromatic amines is 1. The molecule has 17 N–H and O–H groups in total. The average molecular weight is 1120 g/mol. The van der Waals surface area contributed by atoms with Crippen molar-refractivity contribution in [3.63, 3.8) is 0 Å². The smallest absolute Gasteiger partial charge is 0.308 e. The molecule has 440 valence electrons. The summed E-state index contributed by atoms with van der Waals surface area (Å²) in [5.74, 6) is -3.45. The molecular weight excluding hydrogens is 1040 g/mol. The lowest BCUT2D eigenvalue weighted by Gasteiger charge is -2.26. The Morgan fingerprint density at radius 2 is 1.34 bits per heavy atom. The van der Waals surface area contributed by atoms with Crippen LogP contribution in [0.1, 0.15) is 79.5 Å². The van der Waals surface area contributed by atoms with E-state index in [4.69, 9.17) is 14.9 Å². The molecule has 11 atom stereocenters. The van der Waals surface area contributed by atoms with Gasteiger partial charge in [0.2, 0.25) is 29.5 Å². The van der Waals surface area contributed by atoms with Crippen LogP contribution >= 0.6 is 0 Å². The Kier molecular flexibility index (Phi) is 26.8. The monoisotopic (exact) mass is 1120 g/mol. The molecule has 0 aliphatic carbocycles. The number of esters is 1. The number of fused-ring (bicyclic) bond motifs is 2. The third-order valence-electron chi connectivity index (χ3n) is 13.4. The zero-order valence-electron chi connectivity index (χ0n) is 44.5. The van der Waals surface area contributed by atoms with Crippen molar-refractivity contribution in [1.29, 1.82) is 0 Å². The van der Waals surface area contributed by atoms with Crippen molar-refractivity contribution in [3.8, 4) is 0 Å². The normalized spacial score (nSPS) is 17.3. The molecule has 0 radical (unpaired) electrons. The van der Waals surface area contributed by atoms with E-state index in [0.717, 1.165) is 11.0 Å². The number of aromatic nitrogens is 2. The molecule has 2 aromatic carbocycles. The number of H-pyrrole nitrogens is 1. The number of anilines is 1. The second-order valence-corrected chi connectivity index (χ2v) is 19.4. The molecule has 6 amide bonds. The first-order valence-corrected chi connectivity index (χ1v) is 26.0. The number of methoxy groups -OCH3 is 1. The lowest BCUT2D eigenvalue weighted by atomic mass is 10.0. The quantitative estimate of drug-likeness (QED) is 0.0197. The van der Waals surface area contributed by atoms with Crippen LogP contribution in [0.4, 0.5) is 5.69 Å². The maximum absolute atomic E-state index is 13.9. The third-order valence-corrected chi connectivity index (χ3v) is 13.4. The standard InChI is InChI=1S/C51H78N10O18/c1-52-33(14-16-41(68)54-22-36(64)44(71)46(73)38(66)26-62)49(76)59-34(15-17-42(69)55-23-37(65)45(72)47(74)39(67)27-63)48(75)53-18-8-4-5-9-19-61-24-29-20-28(12-13-30(29)56-35(51(61)78)21-43(70)79-3)50(77)60(2)25-40-57-31-10-6-7-11-32(31)58-40/h6-7,10-13,20,33-39,44-47,52,56,62-67,71-74H,4-5,8-9,14-19,21-27H2,1-3H3,(H,53,75)(H,54,68)(H,55,69)(H,57,58)(H,59,76)/t33-,34-,35-,36+,37?,38?,39?,44+,45-,46+,47-/m0/s1. The molecule has 3 aromatic rings. The molecule has 1 aliphatic heterocycles. The van der Waals surface area contributed by atoms with Crippen molar-refractivity contribution < 1.29 is 89.4 Å². The first kappa shape index (κ1) is 65.1. The first-order valence-electron chi connectivity index (χ1n) is 26.0. The minimum absolute atomic E-state index is 0.123. The van der Waals surface area contributed by atoms with Crippen molar-refractivity contribution in [3.05, 3.63) is 59.4 Å². The molecule has 28 nitrogen and oxygen atoms in total. The van der Waals surface area contributed by atoms with Crippen molar-refractivity contribution in [2.24, 2.45) is 0 Å². The Balaban J connectivity index is 1.34. The fourth-order valence-corrected chi connectivity index (χ4v) is 8.52. The molecule has 2 heterocycles. The second kappa shape index (κ2) is 32.6. The van der Waals surface area contributed by atoms with E-state index in [1.807, 2.05) is 24.3 Å². The number of hydrogen-bond acceptors (Lipinski definition) is 21.